The average Bonchev–Trinajstić information content (AvgIpc) is 3.31. The number of furan rings is 1. The van der Waals surface area contributed by atoms with E-state index in [0.29, 0.717) is 16.3 Å². The van der Waals surface area contributed by atoms with Crippen LogP contribution in [-0.4, -0.2) is 23.9 Å². The van der Waals surface area contributed by atoms with Crippen molar-refractivity contribution < 1.29 is 28.3 Å². The summed E-state index contributed by atoms with van der Waals surface area (Å²) < 4.78 is 16.4. The minimum absolute atomic E-state index is 0.0539. The van der Waals surface area contributed by atoms with Crippen LogP contribution in [0.1, 0.15) is 55.8 Å². The zero-order valence-corrected chi connectivity index (χ0v) is 21.2. The lowest BCUT2D eigenvalue weighted by Gasteiger charge is -2.10. The zero-order chi connectivity index (χ0) is 25.2. The molecule has 8 nitrogen and oxygen atoms in total. The Labute approximate surface area is 213 Å². The molecule has 0 radical (unpaired) electrons. The molecule has 0 atom stereocenters. The van der Waals surface area contributed by atoms with E-state index in [1.807, 2.05) is 0 Å². The van der Waals surface area contributed by atoms with Crippen molar-refractivity contribution >= 4 is 68.9 Å². The number of anilines is 1. The number of benzene rings is 1. The van der Waals surface area contributed by atoms with Crippen molar-refractivity contribution in [2.24, 2.45) is 5.73 Å². The molecule has 0 aliphatic carbocycles. The van der Waals surface area contributed by atoms with Crippen molar-refractivity contribution in [3.05, 3.63) is 66.9 Å². The van der Waals surface area contributed by atoms with Gasteiger partial charge < -0.3 is 24.9 Å². The van der Waals surface area contributed by atoms with Crippen molar-refractivity contribution in [2.45, 2.75) is 33.5 Å². The Bertz CT molecular complexity index is 1240. The monoisotopic (exact) mass is 544 g/mol. The van der Waals surface area contributed by atoms with Crippen molar-refractivity contribution in [1.82, 2.24) is 0 Å². The number of hydrogen-bond donors (Lipinski definition) is 2. The second kappa shape index (κ2) is 10.7. The summed E-state index contributed by atoms with van der Waals surface area (Å²) in [7, 11) is 0. The number of thiophene rings is 1. The fourth-order valence-electron chi connectivity index (χ4n) is 2.91. The lowest BCUT2D eigenvalue weighted by molar-refractivity contribution is 0.0379. The number of ether oxygens (including phenoxy) is 2. The number of rotatable bonds is 8. The second-order valence-corrected chi connectivity index (χ2v) is 9.56. The van der Waals surface area contributed by atoms with E-state index in [-0.39, 0.29) is 43.6 Å². The fraction of sp³-hybridized carbons (Fsp3) is 0.227. The van der Waals surface area contributed by atoms with Gasteiger partial charge in [0.25, 0.3) is 11.8 Å². The van der Waals surface area contributed by atoms with E-state index >= 15 is 0 Å². The van der Waals surface area contributed by atoms with Crippen LogP contribution in [0.4, 0.5) is 5.00 Å². The van der Waals surface area contributed by atoms with E-state index in [2.05, 4.69) is 5.32 Å². The first-order valence-electron chi connectivity index (χ1n) is 9.79. The van der Waals surface area contributed by atoms with E-state index in [1.54, 1.807) is 20.8 Å². The molecule has 3 rings (SSSR count). The van der Waals surface area contributed by atoms with Crippen LogP contribution in [0.25, 0.3) is 0 Å². The minimum atomic E-state index is -0.724. The Hall–Kier alpha value is -2.72. The third kappa shape index (κ3) is 5.85. The number of primary amides is 1. The van der Waals surface area contributed by atoms with E-state index in [9.17, 15) is 14.4 Å². The van der Waals surface area contributed by atoms with Crippen LogP contribution in [-0.2, 0) is 11.3 Å². The largest absolute Gasteiger partial charge is 0.483 e. The first kappa shape index (κ1) is 25.9. The first-order chi connectivity index (χ1) is 16.0. The molecule has 3 N–H and O–H groups in total. The molecule has 0 fully saturated rings. The van der Waals surface area contributed by atoms with E-state index in [1.165, 1.54) is 24.3 Å². The maximum absolute atomic E-state index is 12.8. The van der Waals surface area contributed by atoms with Crippen LogP contribution in [0.3, 0.4) is 0 Å². The smallest absolute Gasteiger partial charge is 0.341 e. The highest BCUT2D eigenvalue weighted by Crippen LogP contribution is 2.37. The third-order valence-electron chi connectivity index (χ3n) is 4.35. The Morgan fingerprint density at radius 3 is 2.38 bits per heavy atom. The van der Waals surface area contributed by atoms with Crippen LogP contribution in [0, 0.1) is 6.92 Å². The molecule has 2 aromatic heterocycles. The number of hydrogen-bond acceptors (Lipinski definition) is 7. The quantitative estimate of drug-likeness (QED) is 0.330. The highest BCUT2D eigenvalue weighted by atomic mass is 35.5. The number of nitrogens with two attached hydrogens (primary N) is 1. The highest BCUT2D eigenvalue weighted by molar-refractivity contribution is 7.18. The van der Waals surface area contributed by atoms with Crippen molar-refractivity contribution in [1.29, 1.82) is 0 Å². The van der Waals surface area contributed by atoms with Crippen molar-refractivity contribution in [3.63, 3.8) is 0 Å². The van der Waals surface area contributed by atoms with Gasteiger partial charge >= 0.3 is 5.97 Å². The molecular formula is C22H19Cl3N2O6S. The molecule has 0 aliphatic heterocycles. The Balaban J connectivity index is 1.78. The van der Waals surface area contributed by atoms with Crippen LogP contribution >= 0.6 is 46.1 Å². The van der Waals surface area contributed by atoms with Gasteiger partial charge in [0.1, 0.15) is 17.4 Å². The predicted molar refractivity (Wildman–Crippen MR) is 131 cm³/mol. The number of esters is 1. The summed E-state index contributed by atoms with van der Waals surface area (Å²) in [5, 5.41) is 3.52. The van der Waals surface area contributed by atoms with Gasteiger partial charge in [-0.2, -0.15) is 0 Å². The molecule has 180 valence electrons. The number of carbonyl (C=O) groups excluding carboxylic acids is 3. The number of carbonyl (C=O) groups is 3. The molecule has 1 aromatic carbocycles. The van der Waals surface area contributed by atoms with Gasteiger partial charge in [-0.15, -0.1) is 11.3 Å². The zero-order valence-electron chi connectivity index (χ0n) is 18.2. The van der Waals surface area contributed by atoms with Crippen LogP contribution < -0.4 is 15.8 Å². The molecule has 0 spiro atoms. The SMILES string of the molecule is Cc1c(C(N)=O)sc(NC(=O)c2ccc(COc3c(Cl)cc(Cl)cc3Cl)o2)c1C(=O)OC(C)C. The van der Waals surface area contributed by atoms with E-state index < -0.39 is 23.9 Å². The standard InChI is InChI=1S/C22H19Cl3N2O6S/c1-9(2)32-22(30)16-10(3)18(19(26)28)34-21(16)27-20(29)15-5-4-12(33-15)8-31-17-13(24)6-11(23)7-14(17)25/h4-7,9H,8H2,1-3H3,(H2,26,28)(H,27,29). The van der Waals surface area contributed by atoms with Crippen molar-refractivity contribution in [2.75, 3.05) is 5.32 Å². The topological polar surface area (TPSA) is 121 Å². The van der Waals surface area contributed by atoms with Gasteiger partial charge in [0.05, 0.1) is 26.6 Å². The van der Waals surface area contributed by atoms with Gasteiger partial charge in [0.15, 0.2) is 11.5 Å². The number of nitrogens with one attached hydrogen (secondary N) is 1. The highest BCUT2D eigenvalue weighted by Gasteiger charge is 2.27. The Morgan fingerprint density at radius 2 is 1.79 bits per heavy atom. The van der Waals surface area contributed by atoms with Gasteiger partial charge in [-0.25, -0.2) is 4.79 Å². The van der Waals surface area contributed by atoms with E-state index in [0.717, 1.165) is 11.3 Å². The molecule has 34 heavy (non-hydrogen) atoms. The molecule has 0 unspecified atom stereocenters. The summed E-state index contributed by atoms with van der Waals surface area (Å²) in [5.41, 5.74) is 5.78. The van der Waals surface area contributed by atoms with Crippen LogP contribution in [0.15, 0.2) is 28.7 Å². The molecule has 2 amide bonds. The molecule has 2 heterocycles. The van der Waals surface area contributed by atoms with Gasteiger partial charge in [0.2, 0.25) is 0 Å². The van der Waals surface area contributed by atoms with Gasteiger partial charge in [-0.3, -0.25) is 9.59 Å². The van der Waals surface area contributed by atoms with Gasteiger partial charge in [-0.1, -0.05) is 34.8 Å². The molecular weight excluding hydrogens is 527 g/mol. The lowest BCUT2D eigenvalue weighted by atomic mass is 10.1. The van der Waals surface area contributed by atoms with Crippen LogP contribution in [0.5, 0.6) is 5.75 Å². The normalized spacial score (nSPS) is 10.9. The molecule has 12 heteroatoms. The molecule has 0 bridgehead atoms. The molecule has 0 aliphatic rings. The third-order valence-corrected chi connectivity index (χ3v) is 6.35. The number of halogens is 3. The summed E-state index contributed by atoms with van der Waals surface area (Å²) in [6.45, 7) is 4.86. The lowest BCUT2D eigenvalue weighted by Crippen LogP contribution is -2.17. The number of amides is 2. The summed E-state index contributed by atoms with van der Waals surface area (Å²) in [6.07, 6.45) is -0.400. The Morgan fingerprint density at radius 1 is 1.15 bits per heavy atom. The summed E-state index contributed by atoms with van der Waals surface area (Å²) >= 11 is 19.0. The molecule has 0 saturated carbocycles. The fourth-order valence-corrected chi connectivity index (χ4v) is 4.88. The average molecular weight is 546 g/mol. The Kier molecular flexibility index (Phi) is 8.14. The van der Waals surface area contributed by atoms with Crippen molar-refractivity contribution in [3.8, 4) is 5.75 Å². The van der Waals surface area contributed by atoms with Crippen LogP contribution in [0.2, 0.25) is 15.1 Å². The molecule has 3 aromatic rings. The maximum atomic E-state index is 12.8. The minimum Gasteiger partial charge on any atom is -0.483 e. The van der Waals surface area contributed by atoms with E-state index in [4.69, 9.17) is 54.4 Å². The molecule has 0 saturated heterocycles. The maximum Gasteiger partial charge on any atom is 0.341 e. The first-order valence-corrected chi connectivity index (χ1v) is 11.7. The summed E-state index contributed by atoms with van der Waals surface area (Å²) in [4.78, 5) is 37.2. The second-order valence-electron chi connectivity index (χ2n) is 7.29. The summed E-state index contributed by atoms with van der Waals surface area (Å²) in [5.74, 6) is -1.58. The van der Waals surface area contributed by atoms with Gasteiger partial charge in [-0.05, 0) is 50.6 Å². The predicted octanol–water partition coefficient (Wildman–Crippen LogP) is 6.11. The summed E-state index contributed by atoms with van der Waals surface area (Å²) in [6, 6.07) is 5.93. The van der Waals surface area contributed by atoms with Gasteiger partial charge in [0, 0.05) is 5.02 Å².